The molecule has 1 aliphatic heterocycles. The molecule has 7 heteroatoms. The minimum Gasteiger partial charge on any atom is -0.350 e. The van der Waals surface area contributed by atoms with Gasteiger partial charge in [-0.25, -0.2) is 0 Å². The minimum atomic E-state index is -0.518. The van der Waals surface area contributed by atoms with E-state index in [2.05, 4.69) is 17.6 Å². The molecule has 0 radical (unpaired) electrons. The molecule has 6 nitrogen and oxygen atoms in total. The zero-order chi connectivity index (χ0) is 24.1. The number of amides is 3. The van der Waals surface area contributed by atoms with Gasteiger partial charge in [0.2, 0.25) is 0 Å². The summed E-state index contributed by atoms with van der Waals surface area (Å²) in [5.74, 6) is -1.23. The second-order valence-corrected chi connectivity index (χ2v) is 8.27. The quantitative estimate of drug-likeness (QED) is 0.452. The van der Waals surface area contributed by atoms with Gasteiger partial charge in [-0.2, -0.15) is 0 Å². The molecule has 0 aliphatic carbocycles. The summed E-state index contributed by atoms with van der Waals surface area (Å²) in [5.41, 5.74) is 3.97. The topological polar surface area (TPSA) is 78.5 Å². The Kier molecular flexibility index (Phi) is 7.09. The van der Waals surface area contributed by atoms with Crippen molar-refractivity contribution in [1.29, 1.82) is 0 Å². The van der Waals surface area contributed by atoms with Crippen molar-refractivity contribution in [2.75, 3.05) is 17.2 Å². The number of carbonyl (C=O) groups excluding carboxylic acids is 3. The summed E-state index contributed by atoms with van der Waals surface area (Å²) >= 11 is 6.18. The molecule has 4 rings (SSSR count). The number of carbonyl (C=O) groups is 3. The first-order chi connectivity index (χ1) is 16.5. The number of hydrogen-bond acceptors (Lipinski definition) is 4. The van der Waals surface area contributed by atoms with Crippen LogP contribution in [0.25, 0.3) is 0 Å². The third kappa shape index (κ3) is 5.18. The van der Waals surface area contributed by atoms with Crippen LogP contribution in [0.4, 0.5) is 11.4 Å². The van der Waals surface area contributed by atoms with Gasteiger partial charge in [0.05, 0.1) is 0 Å². The first kappa shape index (κ1) is 23.3. The van der Waals surface area contributed by atoms with Crippen LogP contribution in [-0.4, -0.2) is 29.2 Å². The maximum atomic E-state index is 12.8. The van der Waals surface area contributed by atoms with Crippen LogP contribution >= 0.6 is 11.6 Å². The number of nitrogens with zero attached hydrogens (tertiary/aromatic N) is 1. The number of halogens is 1. The van der Waals surface area contributed by atoms with Crippen LogP contribution in [0.5, 0.6) is 0 Å². The number of hydrogen-bond donors (Lipinski definition) is 2. The van der Waals surface area contributed by atoms with Crippen molar-refractivity contribution in [3.8, 4) is 0 Å². The predicted molar refractivity (Wildman–Crippen MR) is 134 cm³/mol. The third-order valence-electron chi connectivity index (χ3n) is 5.61. The first-order valence-corrected chi connectivity index (χ1v) is 11.4. The average molecular weight is 474 g/mol. The molecular formula is C27H24ClN3O3. The maximum Gasteiger partial charge on any atom is 0.278 e. The molecule has 2 N–H and O–H groups in total. The molecule has 3 aromatic carbocycles. The SMILES string of the molecule is CCc1ccc(NC(=O)c2ccc(NC3=C(Cl)C(=O)N(CCc4ccccc4)C3=O)cc2)cc1. The van der Waals surface area contributed by atoms with Gasteiger partial charge in [-0.1, -0.05) is 61.0 Å². The number of rotatable bonds is 8. The smallest absolute Gasteiger partial charge is 0.278 e. The van der Waals surface area contributed by atoms with E-state index in [9.17, 15) is 14.4 Å². The van der Waals surface area contributed by atoms with Crippen molar-refractivity contribution in [3.63, 3.8) is 0 Å². The van der Waals surface area contributed by atoms with Crippen LogP contribution in [0.15, 0.2) is 89.6 Å². The van der Waals surface area contributed by atoms with Gasteiger partial charge in [0, 0.05) is 23.5 Å². The van der Waals surface area contributed by atoms with E-state index in [0.29, 0.717) is 23.4 Å². The predicted octanol–water partition coefficient (Wildman–Crippen LogP) is 4.98. The Morgan fingerprint density at radius 1 is 0.824 bits per heavy atom. The zero-order valence-electron chi connectivity index (χ0n) is 18.7. The molecule has 0 aromatic heterocycles. The number of aryl methyl sites for hydroxylation is 1. The Morgan fingerprint density at radius 2 is 1.47 bits per heavy atom. The first-order valence-electron chi connectivity index (χ1n) is 11.0. The summed E-state index contributed by atoms with van der Waals surface area (Å²) in [7, 11) is 0. The number of nitrogens with one attached hydrogen (secondary N) is 2. The molecule has 0 saturated heterocycles. The summed E-state index contributed by atoms with van der Waals surface area (Å²) in [4.78, 5) is 39.0. The number of benzene rings is 3. The van der Waals surface area contributed by atoms with E-state index in [-0.39, 0.29) is 23.2 Å². The van der Waals surface area contributed by atoms with Crippen molar-refractivity contribution in [3.05, 3.63) is 106 Å². The molecule has 0 bridgehead atoms. The van der Waals surface area contributed by atoms with Gasteiger partial charge in [-0.05, 0) is 60.4 Å². The fourth-order valence-electron chi connectivity index (χ4n) is 3.62. The van der Waals surface area contributed by atoms with Crippen LogP contribution < -0.4 is 10.6 Å². The van der Waals surface area contributed by atoms with E-state index in [1.54, 1.807) is 24.3 Å². The molecule has 1 heterocycles. The lowest BCUT2D eigenvalue weighted by Gasteiger charge is -2.15. The van der Waals surface area contributed by atoms with E-state index in [4.69, 9.17) is 11.6 Å². The Bertz CT molecular complexity index is 1240. The van der Waals surface area contributed by atoms with Gasteiger partial charge in [0.1, 0.15) is 10.7 Å². The molecule has 3 amide bonds. The zero-order valence-corrected chi connectivity index (χ0v) is 19.4. The van der Waals surface area contributed by atoms with Crippen molar-refractivity contribution < 1.29 is 14.4 Å². The monoisotopic (exact) mass is 473 g/mol. The molecule has 0 atom stereocenters. The molecule has 0 unspecified atom stereocenters. The summed E-state index contributed by atoms with van der Waals surface area (Å²) in [5, 5.41) is 5.65. The molecule has 0 spiro atoms. The van der Waals surface area contributed by atoms with Crippen LogP contribution in [-0.2, 0) is 22.4 Å². The van der Waals surface area contributed by atoms with E-state index >= 15 is 0 Å². The van der Waals surface area contributed by atoms with E-state index in [1.165, 1.54) is 5.56 Å². The minimum absolute atomic E-state index is 0.0351. The molecule has 0 fully saturated rings. The number of imide groups is 1. The fourth-order valence-corrected chi connectivity index (χ4v) is 3.85. The highest BCUT2D eigenvalue weighted by Crippen LogP contribution is 2.26. The number of anilines is 2. The maximum absolute atomic E-state index is 12.8. The lowest BCUT2D eigenvalue weighted by atomic mass is 10.1. The second-order valence-electron chi connectivity index (χ2n) is 7.89. The van der Waals surface area contributed by atoms with Crippen LogP contribution in [0, 0.1) is 0 Å². The Balaban J connectivity index is 1.38. The highest BCUT2D eigenvalue weighted by atomic mass is 35.5. The van der Waals surface area contributed by atoms with Crippen molar-refractivity contribution in [2.24, 2.45) is 0 Å². The van der Waals surface area contributed by atoms with Gasteiger partial charge >= 0.3 is 0 Å². The molecule has 0 saturated carbocycles. The lowest BCUT2D eigenvalue weighted by molar-refractivity contribution is -0.137. The van der Waals surface area contributed by atoms with E-state index in [0.717, 1.165) is 16.9 Å². The largest absolute Gasteiger partial charge is 0.350 e. The lowest BCUT2D eigenvalue weighted by Crippen LogP contribution is -2.34. The Morgan fingerprint density at radius 3 is 2.12 bits per heavy atom. The van der Waals surface area contributed by atoms with Crippen LogP contribution in [0.3, 0.4) is 0 Å². The summed E-state index contributed by atoms with van der Waals surface area (Å²) in [6, 6.07) is 23.9. The van der Waals surface area contributed by atoms with Crippen molar-refractivity contribution in [1.82, 2.24) is 4.90 Å². The van der Waals surface area contributed by atoms with Crippen molar-refractivity contribution >= 4 is 40.7 Å². The molecule has 1 aliphatic rings. The van der Waals surface area contributed by atoms with E-state index < -0.39 is 11.8 Å². The van der Waals surface area contributed by atoms with E-state index in [1.807, 2.05) is 54.6 Å². The van der Waals surface area contributed by atoms with Crippen LogP contribution in [0.1, 0.15) is 28.4 Å². The standard InChI is InChI=1S/C27H24ClN3O3/c1-2-18-8-12-22(13-9-18)30-25(32)20-10-14-21(15-11-20)29-24-23(28)26(33)31(27(24)34)17-16-19-6-4-3-5-7-19/h3-15,29H,2,16-17H2,1H3,(H,30,32). The molecule has 3 aromatic rings. The molecule has 34 heavy (non-hydrogen) atoms. The third-order valence-corrected chi connectivity index (χ3v) is 5.97. The van der Waals surface area contributed by atoms with Crippen LogP contribution in [0.2, 0.25) is 0 Å². The summed E-state index contributed by atoms with van der Waals surface area (Å²) < 4.78 is 0. The van der Waals surface area contributed by atoms with Gasteiger partial charge in [0.15, 0.2) is 0 Å². The van der Waals surface area contributed by atoms with Crippen molar-refractivity contribution in [2.45, 2.75) is 19.8 Å². The Hall–Kier alpha value is -3.90. The normalized spacial score (nSPS) is 13.4. The van der Waals surface area contributed by atoms with Gasteiger partial charge in [-0.3, -0.25) is 19.3 Å². The van der Waals surface area contributed by atoms with Gasteiger partial charge < -0.3 is 10.6 Å². The molecule has 172 valence electrons. The van der Waals surface area contributed by atoms with Gasteiger partial charge in [-0.15, -0.1) is 0 Å². The highest BCUT2D eigenvalue weighted by molar-refractivity contribution is 6.48. The molecular weight excluding hydrogens is 450 g/mol. The summed E-state index contributed by atoms with van der Waals surface area (Å²) in [6.07, 6.45) is 1.47. The average Bonchev–Trinajstić information content (AvgIpc) is 3.07. The fraction of sp³-hybridized carbons (Fsp3) is 0.148. The van der Waals surface area contributed by atoms with Gasteiger partial charge in [0.25, 0.3) is 17.7 Å². The second kappa shape index (κ2) is 10.4. The Labute approximate surface area is 203 Å². The summed E-state index contributed by atoms with van der Waals surface area (Å²) in [6.45, 7) is 2.31. The highest BCUT2D eigenvalue weighted by Gasteiger charge is 2.37.